The number of aliphatic hydroxyl groups is 1. The number of aliphatic carboxylic acids is 1. The van der Waals surface area contributed by atoms with Crippen LogP contribution in [-0.2, 0) is 23.9 Å². The number of esters is 2. The number of aliphatic hydroxyl groups excluding tert-OH is 1. The van der Waals surface area contributed by atoms with Crippen molar-refractivity contribution in [2.24, 2.45) is 0 Å². The van der Waals surface area contributed by atoms with Gasteiger partial charge in [0.05, 0.1) is 0 Å². The molecule has 0 aromatic heterocycles. The molecule has 0 rings (SSSR count). The van der Waals surface area contributed by atoms with E-state index < -0.39 is 30.3 Å². The van der Waals surface area contributed by atoms with E-state index >= 15 is 0 Å². The number of rotatable bonds is 9. The summed E-state index contributed by atoms with van der Waals surface area (Å²) in [7, 11) is 0. The van der Waals surface area contributed by atoms with Gasteiger partial charge in [0.2, 0.25) is 0 Å². The monoisotopic (exact) mass is 288 g/mol. The molecule has 0 aromatic carbocycles. The van der Waals surface area contributed by atoms with Crippen molar-refractivity contribution in [1.82, 2.24) is 0 Å². The van der Waals surface area contributed by atoms with Gasteiger partial charge >= 0.3 is 17.9 Å². The molecular formula is C13H20O7. The summed E-state index contributed by atoms with van der Waals surface area (Å²) in [6.07, 6.45) is -1.94. The van der Waals surface area contributed by atoms with Crippen LogP contribution in [0.15, 0.2) is 12.2 Å². The van der Waals surface area contributed by atoms with Crippen LogP contribution in [0, 0.1) is 0 Å². The lowest BCUT2D eigenvalue weighted by molar-refractivity contribution is -0.202. The summed E-state index contributed by atoms with van der Waals surface area (Å²) >= 11 is 0. The van der Waals surface area contributed by atoms with Crippen molar-refractivity contribution in [3.8, 4) is 0 Å². The van der Waals surface area contributed by atoms with E-state index in [9.17, 15) is 19.5 Å². The van der Waals surface area contributed by atoms with E-state index in [0.717, 1.165) is 0 Å². The molecule has 0 bridgehead atoms. The van der Waals surface area contributed by atoms with Gasteiger partial charge in [-0.2, -0.15) is 0 Å². The van der Waals surface area contributed by atoms with Gasteiger partial charge in [0.1, 0.15) is 6.10 Å². The summed E-state index contributed by atoms with van der Waals surface area (Å²) in [6.45, 7) is 6.11. The second kappa shape index (κ2) is 9.08. The second-order valence-electron chi connectivity index (χ2n) is 4.39. The van der Waals surface area contributed by atoms with Crippen molar-refractivity contribution in [2.45, 2.75) is 51.9 Å². The van der Waals surface area contributed by atoms with Crippen LogP contribution in [0.3, 0.4) is 0 Å². The lowest BCUT2D eigenvalue weighted by atomic mass is 10.2. The van der Waals surface area contributed by atoms with E-state index in [1.165, 1.54) is 13.8 Å². The third kappa shape index (κ3) is 8.25. The molecule has 114 valence electrons. The zero-order chi connectivity index (χ0) is 15.7. The standard InChI is InChI=1S/C13H20O7/c1-8(2)12(18)20-13(9(3)14)19-11(17)7-5-4-6-10(15)16/h9,13-14H,1,4-7H2,2-3H3,(H,15,16). The molecule has 0 amide bonds. The third-order valence-electron chi connectivity index (χ3n) is 2.23. The molecule has 0 fully saturated rings. The Morgan fingerprint density at radius 2 is 1.70 bits per heavy atom. The maximum absolute atomic E-state index is 11.5. The molecule has 0 radical (unpaired) electrons. The van der Waals surface area contributed by atoms with Gasteiger partial charge in [-0.05, 0) is 26.7 Å². The average molecular weight is 288 g/mol. The fourth-order valence-corrected chi connectivity index (χ4v) is 1.16. The molecule has 0 heterocycles. The summed E-state index contributed by atoms with van der Waals surface area (Å²) in [5.41, 5.74) is 0.119. The Morgan fingerprint density at radius 3 is 2.15 bits per heavy atom. The fraction of sp³-hybridized carbons (Fsp3) is 0.615. The van der Waals surface area contributed by atoms with Gasteiger partial charge in [-0.1, -0.05) is 6.58 Å². The highest BCUT2D eigenvalue weighted by atomic mass is 16.7. The van der Waals surface area contributed by atoms with E-state index in [1.807, 2.05) is 0 Å². The highest BCUT2D eigenvalue weighted by Gasteiger charge is 2.24. The molecule has 0 spiro atoms. The average Bonchev–Trinajstić information content (AvgIpc) is 2.33. The van der Waals surface area contributed by atoms with Gasteiger partial charge in [-0.3, -0.25) is 9.59 Å². The SMILES string of the molecule is C=C(C)C(=O)OC(OC(=O)CCCCC(=O)O)C(C)O. The van der Waals surface area contributed by atoms with Crippen LogP contribution >= 0.6 is 0 Å². The Balaban J connectivity index is 4.18. The maximum Gasteiger partial charge on any atom is 0.336 e. The molecule has 2 atom stereocenters. The molecule has 0 saturated carbocycles. The molecule has 7 heteroatoms. The lowest BCUT2D eigenvalue weighted by Gasteiger charge is -2.20. The van der Waals surface area contributed by atoms with Crippen molar-refractivity contribution in [2.75, 3.05) is 0 Å². The highest BCUT2D eigenvalue weighted by molar-refractivity contribution is 5.87. The van der Waals surface area contributed by atoms with E-state index in [1.54, 1.807) is 0 Å². The minimum Gasteiger partial charge on any atom is -0.481 e. The number of ether oxygens (including phenoxy) is 2. The van der Waals surface area contributed by atoms with E-state index in [2.05, 4.69) is 6.58 Å². The molecule has 2 N–H and O–H groups in total. The number of carboxylic acids is 1. The second-order valence-corrected chi connectivity index (χ2v) is 4.39. The van der Waals surface area contributed by atoms with Crippen molar-refractivity contribution >= 4 is 17.9 Å². The molecular weight excluding hydrogens is 268 g/mol. The minimum atomic E-state index is -1.40. The van der Waals surface area contributed by atoms with E-state index in [0.29, 0.717) is 12.8 Å². The van der Waals surface area contributed by atoms with Gasteiger partial charge in [0, 0.05) is 18.4 Å². The zero-order valence-electron chi connectivity index (χ0n) is 11.6. The molecule has 0 aliphatic rings. The van der Waals surface area contributed by atoms with Crippen molar-refractivity contribution in [1.29, 1.82) is 0 Å². The van der Waals surface area contributed by atoms with Crippen molar-refractivity contribution < 1.29 is 34.1 Å². The van der Waals surface area contributed by atoms with Crippen LogP contribution in [0.1, 0.15) is 39.5 Å². The number of carbonyl (C=O) groups is 3. The summed E-state index contributed by atoms with van der Waals surface area (Å²) < 4.78 is 9.58. The molecule has 0 aliphatic carbocycles. The van der Waals surface area contributed by atoms with E-state index in [-0.39, 0.29) is 18.4 Å². The third-order valence-corrected chi connectivity index (χ3v) is 2.23. The first-order valence-electron chi connectivity index (χ1n) is 6.20. The number of hydrogen-bond acceptors (Lipinski definition) is 6. The Bertz CT molecular complexity index is 373. The van der Waals surface area contributed by atoms with Gasteiger partial charge in [0.25, 0.3) is 6.29 Å². The smallest absolute Gasteiger partial charge is 0.336 e. The summed E-state index contributed by atoms with van der Waals surface area (Å²) in [6, 6.07) is 0. The maximum atomic E-state index is 11.5. The highest BCUT2D eigenvalue weighted by Crippen LogP contribution is 2.09. The van der Waals surface area contributed by atoms with Gasteiger partial charge < -0.3 is 19.7 Å². The van der Waals surface area contributed by atoms with Crippen molar-refractivity contribution in [3.05, 3.63) is 12.2 Å². The van der Waals surface area contributed by atoms with Crippen LogP contribution in [0.25, 0.3) is 0 Å². The first kappa shape index (κ1) is 18.1. The number of carboxylic acid groups (broad SMARTS) is 1. The molecule has 7 nitrogen and oxygen atoms in total. The van der Waals surface area contributed by atoms with E-state index in [4.69, 9.17) is 14.6 Å². The van der Waals surface area contributed by atoms with Crippen molar-refractivity contribution in [3.63, 3.8) is 0 Å². The first-order chi connectivity index (χ1) is 9.23. The van der Waals surface area contributed by atoms with Gasteiger partial charge in [-0.15, -0.1) is 0 Å². The summed E-state index contributed by atoms with van der Waals surface area (Å²) in [4.78, 5) is 33.0. The minimum absolute atomic E-state index is 0.0128. The molecule has 20 heavy (non-hydrogen) atoms. The fourth-order valence-electron chi connectivity index (χ4n) is 1.16. The van der Waals surface area contributed by atoms with Crippen LogP contribution < -0.4 is 0 Å². The molecule has 2 unspecified atom stereocenters. The van der Waals surface area contributed by atoms with Crippen LogP contribution in [0.2, 0.25) is 0 Å². The largest absolute Gasteiger partial charge is 0.481 e. The Hall–Kier alpha value is -1.89. The first-order valence-corrected chi connectivity index (χ1v) is 6.20. The summed E-state index contributed by atoms with van der Waals surface area (Å²) in [5.74, 6) is -2.37. The summed E-state index contributed by atoms with van der Waals surface area (Å²) in [5, 5.41) is 17.8. The zero-order valence-corrected chi connectivity index (χ0v) is 11.6. The topological polar surface area (TPSA) is 110 Å². The van der Waals surface area contributed by atoms with Gasteiger partial charge in [0.15, 0.2) is 0 Å². The van der Waals surface area contributed by atoms with Crippen LogP contribution in [0.5, 0.6) is 0 Å². The number of hydrogen-bond donors (Lipinski definition) is 2. The van der Waals surface area contributed by atoms with Crippen LogP contribution in [-0.4, -0.2) is 40.5 Å². The predicted octanol–water partition coefficient (Wildman–Crippen LogP) is 1.00. The number of unbranched alkanes of at least 4 members (excludes halogenated alkanes) is 1. The van der Waals surface area contributed by atoms with Gasteiger partial charge in [-0.25, -0.2) is 4.79 Å². The molecule has 0 aromatic rings. The normalized spacial score (nSPS) is 13.2. The Labute approximate surface area is 117 Å². The Kier molecular flexibility index (Phi) is 8.23. The quantitative estimate of drug-likeness (QED) is 0.282. The molecule has 0 saturated heterocycles. The predicted molar refractivity (Wildman–Crippen MR) is 68.6 cm³/mol. The molecule has 0 aliphatic heterocycles. The van der Waals surface area contributed by atoms with Crippen LogP contribution in [0.4, 0.5) is 0 Å². The lowest BCUT2D eigenvalue weighted by Crippen LogP contribution is -2.34. The Morgan fingerprint density at radius 1 is 1.15 bits per heavy atom. The number of carbonyl (C=O) groups excluding carboxylic acids is 2.